The summed E-state index contributed by atoms with van der Waals surface area (Å²) in [5.41, 5.74) is 3.01. The van der Waals surface area contributed by atoms with E-state index in [0.29, 0.717) is 5.41 Å². The van der Waals surface area contributed by atoms with E-state index in [0.717, 1.165) is 24.5 Å². The van der Waals surface area contributed by atoms with Crippen molar-refractivity contribution >= 4 is 12.6 Å². The van der Waals surface area contributed by atoms with Gasteiger partial charge in [0.2, 0.25) is 0 Å². The molecule has 0 aromatic heterocycles. The lowest BCUT2D eigenvalue weighted by molar-refractivity contribution is 0.250. The van der Waals surface area contributed by atoms with E-state index in [1.165, 1.54) is 24.0 Å². The maximum atomic E-state index is 5.88. The van der Waals surface area contributed by atoms with Crippen LogP contribution in [-0.4, -0.2) is 12.4 Å². The molecule has 1 aliphatic rings. The van der Waals surface area contributed by atoms with Gasteiger partial charge in [-0.1, -0.05) is 42.5 Å². The molecule has 0 amide bonds. The van der Waals surface area contributed by atoms with E-state index in [2.05, 4.69) is 67.2 Å². The van der Waals surface area contributed by atoms with Gasteiger partial charge in [0.15, 0.2) is 0 Å². The van der Waals surface area contributed by atoms with Gasteiger partial charge in [-0.15, -0.1) is 0 Å². The van der Waals surface area contributed by atoms with Gasteiger partial charge in [0.05, 0.1) is 6.61 Å². The van der Waals surface area contributed by atoms with Crippen LogP contribution < -0.4 is 4.74 Å². The molecule has 0 radical (unpaired) electrons. The molecule has 0 aliphatic heterocycles. The van der Waals surface area contributed by atoms with Gasteiger partial charge in [-0.05, 0) is 48.3 Å². The Morgan fingerprint density at radius 2 is 1.55 bits per heavy atom. The first-order valence-corrected chi connectivity index (χ1v) is 7.79. The van der Waals surface area contributed by atoms with Gasteiger partial charge in [-0.25, -0.2) is 0 Å². The molecule has 104 valence electrons. The first-order valence-electron chi connectivity index (χ1n) is 7.16. The molecule has 2 heteroatoms. The number of hydrogen-bond acceptors (Lipinski definition) is 2. The van der Waals surface area contributed by atoms with Gasteiger partial charge < -0.3 is 4.74 Å². The Morgan fingerprint density at radius 3 is 2.15 bits per heavy atom. The first-order chi connectivity index (χ1) is 9.80. The molecule has 0 N–H and O–H groups in total. The fourth-order valence-corrected chi connectivity index (χ4v) is 2.70. The highest BCUT2D eigenvalue weighted by molar-refractivity contribution is 7.80. The third-order valence-corrected chi connectivity index (χ3v) is 4.68. The second-order valence-corrected chi connectivity index (χ2v) is 6.07. The largest absolute Gasteiger partial charge is 0.493 e. The molecule has 2 aromatic rings. The summed E-state index contributed by atoms with van der Waals surface area (Å²) >= 11 is 4.40. The van der Waals surface area contributed by atoms with Crippen LogP contribution in [0, 0.1) is 5.41 Å². The highest BCUT2D eigenvalue weighted by Gasteiger charge is 2.42. The van der Waals surface area contributed by atoms with E-state index < -0.39 is 0 Å². The summed E-state index contributed by atoms with van der Waals surface area (Å²) in [6, 6.07) is 19.0. The minimum Gasteiger partial charge on any atom is -0.493 e. The van der Waals surface area contributed by atoms with Crippen molar-refractivity contribution in [3.05, 3.63) is 65.7 Å². The van der Waals surface area contributed by atoms with Crippen molar-refractivity contribution in [1.82, 2.24) is 0 Å². The van der Waals surface area contributed by atoms with Crippen LogP contribution in [0.4, 0.5) is 0 Å². The van der Waals surface area contributed by atoms with E-state index in [1.54, 1.807) is 0 Å². The Kier molecular flexibility index (Phi) is 4.02. The molecule has 1 aliphatic carbocycles. The first kappa shape index (κ1) is 13.6. The quantitative estimate of drug-likeness (QED) is 0.775. The maximum Gasteiger partial charge on any atom is 0.119 e. The third kappa shape index (κ3) is 3.37. The van der Waals surface area contributed by atoms with Gasteiger partial charge >= 0.3 is 0 Å². The number of thiol groups is 1. The van der Waals surface area contributed by atoms with Crippen molar-refractivity contribution in [3.8, 4) is 5.75 Å². The average molecular weight is 284 g/mol. The van der Waals surface area contributed by atoms with Crippen molar-refractivity contribution < 1.29 is 4.74 Å². The summed E-state index contributed by atoms with van der Waals surface area (Å²) in [5, 5.41) is 0. The van der Waals surface area contributed by atoms with Crippen LogP contribution in [0.25, 0.3) is 0 Å². The van der Waals surface area contributed by atoms with Crippen molar-refractivity contribution in [3.63, 3.8) is 0 Å². The van der Waals surface area contributed by atoms with Crippen molar-refractivity contribution in [2.75, 3.05) is 12.4 Å². The lowest BCUT2D eigenvalue weighted by Gasteiger charge is -2.13. The van der Waals surface area contributed by atoms with Gasteiger partial charge in [-0.3, -0.25) is 0 Å². The monoisotopic (exact) mass is 284 g/mol. The zero-order valence-electron chi connectivity index (χ0n) is 11.6. The molecule has 1 nitrogen and oxygen atoms in total. The van der Waals surface area contributed by atoms with Crippen LogP contribution >= 0.6 is 12.6 Å². The standard InChI is InChI=1S/C18H20OS/c20-14-18(10-11-18)13-19-17-8-6-16(7-9-17)12-15-4-2-1-3-5-15/h1-9,20H,10-14H2. The second kappa shape index (κ2) is 5.92. The van der Waals surface area contributed by atoms with Crippen LogP contribution in [0.3, 0.4) is 0 Å². The number of benzene rings is 2. The Balaban J connectivity index is 1.57. The summed E-state index contributed by atoms with van der Waals surface area (Å²) in [6.07, 6.45) is 3.48. The molecular formula is C18H20OS. The van der Waals surface area contributed by atoms with Crippen LogP contribution in [0.5, 0.6) is 5.75 Å². The lowest BCUT2D eigenvalue weighted by Crippen LogP contribution is -2.14. The molecule has 0 saturated heterocycles. The Hall–Kier alpha value is -1.41. The number of hydrogen-bond donors (Lipinski definition) is 1. The van der Waals surface area contributed by atoms with E-state index in [4.69, 9.17) is 4.74 Å². The van der Waals surface area contributed by atoms with Crippen LogP contribution in [0.2, 0.25) is 0 Å². The summed E-state index contributed by atoms with van der Waals surface area (Å²) in [7, 11) is 0. The third-order valence-electron chi connectivity index (χ3n) is 4.01. The smallest absolute Gasteiger partial charge is 0.119 e. The van der Waals surface area contributed by atoms with Crippen LogP contribution in [-0.2, 0) is 6.42 Å². The maximum absolute atomic E-state index is 5.88. The minimum atomic E-state index is 0.353. The second-order valence-electron chi connectivity index (χ2n) is 5.75. The predicted octanol–water partition coefficient (Wildman–Crippen LogP) is 4.37. The van der Waals surface area contributed by atoms with Gasteiger partial charge in [0.1, 0.15) is 5.75 Å². The summed E-state index contributed by atoms with van der Waals surface area (Å²) in [4.78, 5) is 0. The Morgan fingerprint density at radius 1 is 0.900 bits per heavy atom. The number of ether oxygens (including phenoxy) is 1. The average Bonchev–Trinajstić information content (AvgIpc) is 3.28. The van der Waals surface area contributed by atoms with Gasteiger partial charge in [-0.2, -0.15) is 12.6 Å². The molecule has 0 heterocycles. The fraction of sp³-hybridized carbons (Fsp3) is 0.333. The summed E-state index contributed by atoms with van der Waals surface area (Å²) in [6.45, 7) is 0.800. The lowest BCUT2D eigenvalue weighted by atomic mass is 10.1. The zero-order chi connectivity index (χ0) is 13.8. The normalized spacial score (nSPS) is 15.8. The van der Waals surface area contributed by atoms with E-state index in [9.17, 15) is 0 Å². The van der Waals surface area contributed by atoms with E-state index in [1.807, 2.05) is 0 Å². The SMILES string of the molecule is SCC1(COc2ccc(Cc3ccccc3)cc2)CC1. The Labute approximate surface area is 126 Å². The van der Waals surface area contributed by atoms with Crippen molar-refractivity contribution in [2.45, 2.75) is 19.3 Å². The molecule has 20 heavy (non-hydrogen) atoms. The van der Waals surface area contributed by atoms with Crippen LogP contribution in [0.15, 0.2) is 54.6 Å². The zero-order valence-corrected chi connectivity index (χ0v) is 12.5. The van der Waals surface area contributed by atoms with E-state index >= 15 is 0 Å². The highest BCUT2D eigenvalue weighted by atomic mass is 32.1. The van der Waals surface area contributed by atoms with Gasteiger partial charge in [0.25, 0.3) is 0 Å². The molecule has 1 fully saturated rings. The minimum absolute atomic E-state index is 0.353. The topological polar surface area (TPSA) is 9.23 Å². The van der Waals surface area contributed by atoms with Crippen molar-refractivity contribution in [1.29, 1.82) is 0 Å². The van der Waals surface area contributed by atoms with Crippen molar-refractivity contribution in [2.24, 2.45) is 5.41 Å². The number of rotatable bonds is 6. The molecule has 1 saturated carbocycles. The van der Waals surface area contributed by atoms with Gasteiger partial charge in [0, 0.05) is 5.41 Å². The molecule has 0 atom stereocenters. The molecule has 0 unspecified atom stereocenters. The molecule has 0 spiro atoms. The molecule has 0 bridgehead atoms. The molecule has 3 rings (SSSR count). The summed E-state index contributed by atoms with van der Waals surface area (Å²) < 4.78 is 5.88. The fourth-order valence-electron chi connectivity index (χ4n) is 2.30. The molecule has 2 aromatic carbocycles. The Bertz CT molecular complexity index is 543. The van der Waals surface area contributed by atoms with Crippen LogP contribution in [0.1, 0.15) is 24.0 Å². The summed E-state index contributed by atoms with van der Waals surface area (Å²) in [5.74, 6) is 1.90. The van der Waals surface area contributed by atoms with E-state index in [-0.39, 0.29) is 0 Å². The molecular weight excluding hydrogens is 264 g/mol. The highest BCUT2D eigenvalue weighted by Crippen LogP contribution is 2.46. The predicted molar refractivity (Wildman–Crippen MR) is 86.7 cm³/mol.